The first-order valence-electron chi connectivity index (χ1n) is 23.0. The van der Waals surface area contributed by atoms with Gasteiger partial charge in [-0.05, 0) is 106 Å². The van der Waals surface area contributed by atoms with Crippen LogP contribution in [0.1, 0.15) is 106 Å². The van der Waals surface area contributed by atoms with Gasteiger partial charge >= 0.3 is 17.6 Å². The number of sulfonamides is 1. The summed E-state index contributed by atoms with van der Waals surface area (Å²) in [4.78, 5) is 66.7. The van der Waals surface area contributed by atoms with Crippen LogP contribution in [0.2, 0.25) is 5.02 Å². The normalized spacial score (nSPS) is 21.7. The number of imide groups is 1. The Morgan fingerprint density at radius 1 is 1.00 bits per heavy atom. The van der Waals surface area contributed by atoms with Crippen molar-refractivity contribution < 1.29 is 47.2 Å². The Labute approximate surface area is 413 Å². The van der Waals surface area contributed by atoms with Crippen molar-refractivity contribution in [3.8, 4) is 16.2 Å². The number of hydrogen-bond donors (Lipinski definition) is 4. The molecule has 2 amide bonds. The maximum Gasteiger partial charge on any atom is 0.349 e. The number of hydrogen-bond acceptors (Lipinski definition) is 12. The lowest BCUT2D eigenvalue weighted by atomic mass is 9.89. The summed E-state index contributed by atoms with van der Waals surface area (Å²) in [5.74, 6) is -3.82. The minimum absolute atomic E-state index is 0.0206. The van der Waals surface area contributed by atoms with E-state index in [1.807, 2.05) is 58.9 Å². The van der Waals surface area contributed by atoms with Crippen LogP contribution in [-0.4, -0.2) is 105 Å². The molecule has 4 N–H and O–H groups in total. The maximum atomic E-state index is 14.1. The number of aliphatic carboxylic acids is 1. The number of nitrogens with zero attached hydrogens (tertiary/aromatic N) is 5. The Balaban J connectivity index is 0.889. The highest BCUT2D eigenvalue weighted by Crippen LogP contribution is 2.46. The van der Waals surface area contributed by atoms with Gasteiger partial charge in [-0.3, -0.25) is 29.0 Å². The van der Waals surface area contributed by atoms with E-state index in [1.165, 1.54) is 8.87 Å². The van der Waals surface area contributed by atoms with Crippen molar-refractivity contribution >= 4 is 84.8 Å². The molecule has 70 heavy (non-hydrogen) atoms. The van der Waals surface area contributed by atoms with Crippen LogP contribution >= 0.6 is 22.9 Å². The number of carboxylic acids is 2. The number of halogens is 1. The third kappa shape index (κ3) is 10.6. The molecule has 0 saturated carbocycles. The molecular formula is C49H56ClN7O11S2. The van der Waals surface area contributed by atoms with Crippen molar-refractivity contribution in [2.24, 2.45) is 4.99 Å². The SMILES string of the molecule is CC1(C)CC(=Nc2cccc(-c3sc(C(=O)O)c(OCC(=O)O)c3Cl)c2)CCN1S(=O)(=O)Cc1cccc(NC[N+]2([O-])CCC(c3ccc4c(c3)n(C(C)(C)C)c(=O)n4C3CCC(=O)NC3=O)CC2)c1. The molecule has 3 aliphatic rings. The highest BCUT2D eigenvalue weighted by atomic mass is 35.5. The number of carboxylic acid groups (broad SMARTS) is 2. The number of ether oxygens (including phenoxy) is 1. The summed E-state index contributed by atoms with van der Waals surface area (Å²) in [6, 6.07) is 19.1. The number of aliphatic imine (C=N–C) groups is 1. The zero-order chi connectivity index (χ0) is 50.5. The van der Waals surface area contributed by atoms with E-state index in [4.69, 9.17) is 26.4 Å². The third-order valence-corrected chi connectivity index (χ3v) is 16.9. The van der Waals surface area contributed by atoms with E-state index in [0.717, 1.165) is 22.6 Å². The number of amides is 2. The van der Waals surface area contributed by atoms with Gasteiger partial charge in [0.05, 0.1) is 40.4 Å². The highest BCUT2D eigenvalue weighted by molar-refractivity contribution is 7.88. The van der Waals surface area contributed by atoms with E-state index < -0.39 is 56.2 Å². The monoisotopic (exact) mass is 1020 g/mol. The molecule has 0 aliphatic carbocycles. The number of nitrogens with one attached hydrogen (secondary N) is 2. The van der Waals surface area contributed by atoms with Crippen LogP contribution in [0.15, 0.2) is 76.5 Å². The first-order valence-corrected chi connectivity index (χ1v) is 25.8. The van der Waals surface area contributed by atoms with Crippen LogP contribution in [0.25, 0.3) is 21.5 Å². The Bertz CT molecular complexity index is 3110. The molecule has 0 radical (unpaired) electrons. The molecule has 3 saturated heterocycles. The fraction of sp³-hybridized carbons (Fsp3) is 0.429. The molecule has 372 valence electrons. The summed E-state index contributed by atoms with van der Waals surface area (Å²) in [7, 11) is -3.82. The number of aromatic nitrogens is 2. The summed E-state index contributed by atoms with van der Waals surface area (Å²) in [5.41, 5.74) is 3.68. The number of fused-ring (bicyclic) bond motifs is 1. The molecule has 3 aliphatic heterocycles. The number of aromatic carboxylic acids is 1. The molecule has 18 nitrogen and oxygen atoms in total. The van der Waals surface area contributed by atoms with Crippen molar-refractivity contribution in [2.75, 3.05) is 38.2 Å². The number of likely N-dealkylation sites (tertiary alicyclic amines) is 1. The Morgan fingerprint density at radius 3 is 2.40 bits per heavy atom. The minimum Gasteiger partial charge on any atom is -0.631 e. The summed E-state index contributed by atoms with van der Waals surface area (Å²) in [6.07, 6.45) is 2.34. The fourth-order valence-electron chi connectivity index (χ4n) is 9.90. The van der Waals surface area contributed by atoms with E-state index in [0.29, 0.717) is 77.2 Å². The topological polar surface area (TPSA) is 242 Å². The molecule has 3 fully saturated rings. The summed E-state index contributed by atoms with van der Waals surface area (Å²) in [6.45, 7) is 9.73. The molecular weight excluding hydrogens is 962 g/mol. The molecule has 1 unspecified atom stereocenters. The second-order valence-corrected chi connectivity index (χ2v) is 23.2. The predicted octanol–water partition coefficient (Wildman–Crippen LogP) is 7.82. The van der Waals surface area contributed by atoms with E-state index in [1.54, 1.807) is 47.0 Å². The molecule has 21 heteroatoms. The summed E-state index contributed by atoms with van der Waals surface area (Å²) >= 11 is 7.38. The molecule has 8 rings (SSSR count). The average Bonchev–Trinajstić information content (AvgIpc) is 3.77. The lowest BCUT2D eigenvalue weighted by molar-refractivity contribution is -0.882. The first-order chi connectivity index (χ1) is 32.9. The number of rotatable bonds is 14. The van der Waals surface area contributed by atoms with Crippen LogP contribution in [0.5, 0.6) is 5.75 Å². The number of carbonyl (C=O) groups excluding carboxylic acids is 2. The van der Waals surface area contributed by atoms with Crippen LogP contribution in [0.3, 0.4) is 0 Å². The Morgan fingerprint density at radius 2 is 1.73 bits per heavy atom. The first kappa shape index (κ1) is 50.5. The highest BCUT2D eigenvalue weighted by Gasteiger charge is 2.41. The Hall–Kier alpha value is -5.90. The van der Waals surface area contributed by atoms with Crippen molar-refractivity contribution in [3.05, 3.63) is 103 Å². The number of anilines is 1. The van der Waals surface area contributed by atoms with E-state index >= 15 is 0 Å². The zero-order valence-corrected chi connectivity index (χ0v) is 41.9. The van der Waals surface area contributed by atoms with Crippen LogP contribution in [-0.2, 0) is 35.7 Å². The molecule has 5 heterocycles. The van der Waals surface area contributed by atoms with Crippen molar-refractivity contribution in [1.29, 1.82) is 0 Å². The standard InChI is InChI=1S/C49H56ClN7O11S2/c1-48(2,3)56-38-24-31(12-13-36(38)55(47(56)64)37-14-15-39(58)53-45(37)61)30-17-20-57(65,21-18-30)28-51-33-10-6-8-29(22-33)27-70(66,67)54-19-16-35(25-49(54,4)5)52-34-11-7-9-32(23-34)43-41(50)42(68-26-40(59)60)44(69-43)46(62)63/h6-13,22-24,30,37,51H,14-21,25-28H2,1-5H3,(H,59,60)(H,62,63)(H,53,58,61). The second kappa shape index (κ2) is 19.4. The predicted molar refractivity (Wildman–Crippen MR) is 267 cm³/mol. The van der Waals surface area contributed by atoms with Gasteiger partial charge in [0, 0.05) is 54.7 Å². The molecule has 0 spiro atoms. The van der Waals surface area contributed by atoms with Gasteiger partial charge in [-0.25, -0.2) is 22.8 Å². The summed E-state index contributed by atoms with van der Waals surface area (Å²) in [5, 5.41) is 38.5. The van der Waals surface area contributed by atoms with Gasteiger partial charge in [0.25, 0.3) is 0 Å². The second-order valence-electron chi connectivity index (χ2n) is 19.9. The number of imidazole rings is 1. The van der Waals surface area contributed by atoms with E-state index in [-0.39, 0.29) is 65.0 Å². The van der Waals surface area contributed by atoms with Gasteiger partial charge in [0.2, 0.25) is 21.8 Å². The molecule has 1 atom stereocenters. The Kier molecular flexibility index (Phi) is 14.0. The molecule has 0 bridgehead atoms. The maximum absolute atomic E-state index is 14.1. The van der Waals surface area contributed by atoms with Crippen molar-refractivity contribution in [1.82, 2.24) is 18.8 Å². The average molecular weight is 1020 g/mol. The van der Waals surface area contributed by atoms with Crippen LogP contribution in [0.4, 0.5) is 11.4 Å². The number of thiophene rings is 1. The van der Waals surface area contributed by atoms with E-state index in [2.05, 4.69) is 10.6 Å². The van der Waals surface area contributed by atoms with Crippen LogP contribution < -0.4 is 21.1 Å². The number of benzene rings is 3. The number of hydroxylamine groups is 3. The zero-order valence-electron chi connectivity index (χ0n) is 39.5. The minimum atomic E-state index is -3.82. The summed E-state index contributed by atoms with van der Waals surface area (Å²) < 4.78 is 37.6. The molecule has 3 aromatic carbocycles. The van der Waals surface area contributed by atoms with Crippen molar-refractivity contribution in [3.63, 3.8) is 0 Å². The van der Waals surface area contributed by atoms with Gasteiger partial charge in [-0.1, -0.05) is 41.9 Å². The van der Waals surface area contributed by atoms with E-state index in [9.17, 15) is 42.7 Å². The largest absolute Gasteiger partial charge is 0.631 e. The quantitative estimate of drug-likeness (QED) is 0.0473. The van der Waals surface area contributed by atoms with Gasteiger partial charge in [-0.15, -0.1) is 11.3 Å². The van der Waals surface area contributed by atoms with Gasteiger partial charge in [0.1, 0.15) is 11.1 Å². The third-order valence-electron chi connectivity index (χ3n) is 13.2. The molecule has 2 aromatic heterocycles. The van der Waals surface area contributed by atoms with Gasteiger partial charge in [-0.2, -0.15) is 4.31 Å². The lowest BCUT2D eigenvalue weighted by Gasteiger charge is -2.47. The van der Waals surface area contributed by atoms with Crippen molar-refractivity contribution in [2.45, 2.75) is 102 Å². The number of quaternary nitrogens is 1. The molecule has 5 aromatic rings. The smallest absolute Gasteiger partial charge is 0.349 e. The number of piperidine rings is 3. The van der Waals surface area contributed by atoms with Crippen LogP contribution in [0, 0.1) is 5.21 Å². The van der Waals surface area contributed by atoms with Gasteiger partial charge in [0.15, 0.2) is 23.9 Å². The number of carbonyl (C=O) groups is 4. The fourth-order valence-corrected chi connectivity index (χ4v) is 13.2. The van der Waals surface area contributed by atoms with Gasteiger partial charge < -0.3 is 30.1 Å². The lowest BCUT2D eigenvalue weighted by Crippen LogP contribution is -2.53.